The quantitative estimate of drug-likeness (QED) is 0.801. The zero-order chi connectivity index (χ0) is 13.5. The second-order valence-electron chi connectivity index (χ2n) is 4.58. The SMILES string of the molecule is CCCN(CCN(C)C)c1ncc(F)cc1CO. The summed E-state index contributed by atoms with van der Waals surface area (Å²) in [5, 5.41) is 9.29. The van der Waals surface area contributed by atoms with Gasteiger partial charge in [-0.1, -0.05) is 6.92 Å². The number of aromatic nitrogens is 1. The number of anilines is 1. The largest absolute Gasteiger partial charge is 0.392 e. The molecule has 18 heavy (non-hydrogen) atoms. The number of likely N-dealkylation sites (N-methyl/N-ethyl adjacent to an activating group) is 1. The summed E-state index contributed by atoms with van der Waals surface area (Å²) in [7, 11) is 4.02. The van der Waals surface area contributed by atoms with E-state index in [1.807, 2.05) is 14.1 Å². The second-order valence-corrected chi connectivity index (χ2v) is 4.58. The Labute approximate surface area is 108 Å². The first-order chi connectivity index (χ1) is 8.58. The molecule has 102 valence electrons. The lowest BCUT2D eigenvalue weighted by Crippen LogP contribution is -2.33. The lowest BCUT2D eigenvalue weighted by Gasteiger charge is -2.26. The molecule has 0 aliphatic carbocycles. The van der Waals surface area contributed by atoms with E-state index in [9.17, 15) is 9.50 Å². The highest BCUT2D eigenvalue weighted by Gasteiger charge is 2.13. The first-order valence-corrected chi connectivity index (χ1v) is 6.23. The summed E-state index contributed by atoms with van der Waals surface area (Å²) >= 11 is 0. The van der Waals surface area contributed by atoms with Gasteiger partial charge in [0.15, 0.2) is 0 Å². The summed E-state index contributed by atoms with van der Waals surface area (Å²) in [6.45, 7) is 4.45. The fourth-order valence-corrected chi connectivity index (χ4v) is 1.79. The van der Waals surface area contributed by atoms with Crippen LogP contribution in [0, 0.1) is 5.82 Å². The smallest absolute Gasteiger partial charge is 0.142 e. The third-order valence-electron chi connectivity index (χ3n) is 2.69. The maximum atomic E-state index is 13.1. The van der Waals surface area contributed by atoms with Crippen LogP contribution in [0.1, 0.15) is 18.9 Å². The number of rotatable bonds is 7. The van der Waals surface area contributed by atoms with Crippen LogP contribution in [0.3, 0.4) is 0 Å². The Morgan fingerprint density at radius 2 is 2.00 bits per heavy atom. The van der Waals surface area contributed by atoms with Crippen molar-refractivity contribution in [1.29, 1.82) is 0 Å². The van der Waals surface area contributed by atoms with E-state index in [0.717, 1.165) is 26.1 Å². The number of aliphatic hydroxyl groups excluding tert-OH is 1. The van der Waals surface area contributed by atoms with E-state index in [1.165, 1.54) is 12.3 Å². The molecule has 0 atom stereocenters. The third kappa shape index (κ3) is 4.23. The predicted molar refractivity (Wildman–Crippen MR) is 71.2 cm³/mol. The minimum Gasteiger partial charge on any atom is -0.392 e. The van der Waals surface area contributed by atoms with Crippen molar-refractivity contribution in [2.75, 3.05) is 38.6 Å². The minimum absolute atomic E-state index is 0.192. The molecule has 5 heteroatoms. The van der Waals surface area contributed by atoms with E-state index in [2.05, 4.69) is 21.7 Å². The Morgan fingerprint density at radius 1 is 1.28 bits per heavy atom. The number of nitrogens with zero attached hydrogens (tertiary/aromatic N) is 3. The molecule has 1 rings (SSSR count). The molecule has 0 unspecified atom stereocenters. The van der Waals surface area contributed by atoms with Gasteiger partial charge in [0.1, 0.15) is 11.6 Å². The first-order valence-electron chi connectivity index (χ1n) is 6.23. The maximum Gasteiger partial charge on any atom is 0.142 e. The Bertz CT molecular complexity index is 371. The van der Waals surface area contributed by atoms with Crippen molar-refractivity contribution < 1.29 is 9.50 Å². The summed E-state index contributed by atoms with van der Waals surface area (Å²) < 4.78 is 13.1. The van der Waals surface area contributed by atoms with Gasteiger partial charge < -0.3 is 14.9 Å². The fraction of sp³-hybridized carbons (Fsp3) is 0.615. The fourth-order valence-electron chi connectivity index (χ4n) is 1.79. The molecule has 0 saturated heterocycles. The van der Waals surface area contributed by atoms with Crippen LogP contribution in [-0.4, -0.2) is 48.7 Å². The van der Waals surface area contributed by atoms with Crippen LogP contribution in [0.2, 0.25) is 0 Å². The topological polar surface area (TPSA) is 39.6 Å². The van der Waals surface area contributed by atoms with Gasteiger partial charge in [0.05, 0.1) is 12.8 Å². The van der Waals surface area contributed by atoms with Crippen LogP contribution < -0.4 is 4.90 Å². The van der Waals surface area contributed by atoms with Gasteiger partial charge in [0.2, 0.25) is 0 Å². The highest BCUT2D eigenvalue weighted by Crippen LogP contribution is 2.18. The van der Waals surface area contributed by atoms with E-state index >= 15 is 0 Å². The van der Waals surface area contributed by atoms with E-state index in [1.54, 1.807) is 0 Å². The summed E-state index contributed by atoms with van der Waals surface area (Å²) in [4.78, 5) is 8.29. The van der Waals surface area contributed by atoms with Crippen molar-refractivity contribution in [3.8, 4) is 0 Å². The van der Waals surface area contributed by atoms with Crippen LogP contribution in [0.5, 0.6) is 0 Å². The molecule has 0 saturated carbocycles. The standard InChI is InChI=1S/C13H22FN3O/c1-4-5-17(7-6-16(2)3)13-11(10-18)8-12(14)9-15-13/h8-9,18H,4-7,10H2,1-3H3. The lowest BCUT2D eigenvalue weighted by molar-refractivity contribution is 0.280. The van der Waals surface area contributed by atoms with Crippen LogP contribution in [0.25, 0.3) is 0 Å². The number of hydrogen-bond donors (Lipinski definition) is 1. The molecule has 0 aromatic carbocycles. The Balaban J connectivity index is 2.89. The summed E-state index contributed by atoms with van der Waals surface area (Å²) in [5.74, 6) is 0.273. The zero-order valence-corrected chi connectivity index (χ0v) is 11.4. The normalized spacial score (nSPS) is 11.0. The predicted octanol–water partition coefficient (Wildman–Crippen LogP) is 1.49. The molecule has 1 aromatic rings. The molecule has 0 fully saturated rings. The zero-order valence-electron chi connectivity index (χ0n) is 11.4. The molecule has 0 spiro atoms. The Kier molecular flexibility index (Phi) is 6.01. The monoisotopic (exact) mass is 255 g/mol. The van der Waals surface area contributed by atoms with Crippen LogP contribution in [0.4, 0.5) is 10.2 Å². The van der Waals surface area contributed by atoms with Gasteiger partial charge in [0.25, 0.3) is 0 Å². The van der Waals surface area contributed by atoms with Crippen molar-refractivity contribution in [3.05, 3.63) is 23.6 Å². The molecule has 0 amide bonds. The van der Waals surface area contributed by atoms with E-state index < -0.39 is 5.82 Å². The molecule has 0 radical (unpaired) electrons. The highest BCUT2D eigenvalue weighted by molar-refractivity contribution is 5.46. The second kappa shape index (κ2) is 7.28. The molecular weight excluding hydrogens is 233 g/mol. The Hall–Kier alpha value is -1.20. The van der Waals surface area contributed by atoms with Gasteiger partial charge in [-0.3, -0.25) is 0 Å². The summed E-state index contributed by atoms with van der Waals surface area (Å²) in [6, 6.07) is 1.35. The van der Waals surface area contributed by atoms with Crippen molar-refractivity contribution in [3.63, 3.8) is 0 Å². The van der Waals surface area contributed by atoms with Crippen LogP contribution >= 0.6 is 0 Å². The van der Waals surface area contributed by atoms with E-state index in [-0.39, 0.29) is 6.61 Å². The minimum atomic E-state index is -0.410. The van der Waals surface area contributed by atoms with Crippen LogP contribution in [0.15, 0.2) is 12.3 Å². The van der Waals surface area contributed by atoms with E-state index in [0.29, 0.717) is 11.4 Å². The van der Waals surface area contributed by atoms with Crippen LogP contribution in [-0.2, 0) is 6.61 Å². The van der Waals surface area contributed by atoms with Crippen molar-refractivity contribution >= 4 is 5.82 Å². The maximum absolute atomic E-state index is 13.1. The molecule has 0 aliphatic rings. The molecular formula is C13H22FN3O. The van der Waals surface area contributed by atoms with Gasteiger partial charge in [-0.05, 0) is 26.6 Å². The van der Waals surface area contributed by atoms with Crippen molar-refractivity contribution in [2.24, 2.45) is 0 Å². The summed E-state index contributed by atoms with van der Waals surface area (Å²) in [5.41, 5.74) is 0.544. The molecule has 0 bridgehead atoms. The number of aliphatic hydroxyl groups is 1. The molecule has 1 N–H and O–H groups in total. The molecule has 0 aliphatic heterocycles. The number of pyridine rings is 1. The van der Waals surface area contributed by atoms with E-state index in [4.69, 9.17) is 0 Å². The molecule has 4 nitrogen and oxygen atoms in total. The Morgan fingerprint density at radius 3 is 2.56 bits per heavy atom. The number of halogens is 1. The highest BCUT2D eigenvalue weighted by atomic mass is 19.1. The number of hydrogen-bond acceptors (Lipinski definition) is 4. The van der Waals surface area contributed by atoms with Gasteiger partial charge in [-0.25, -0.2) is 9.37 Å². The summed E-state index contributed by atoms with van der Waals surface area (Å²) in [6.07, 6.45) is 2.18. The van der Waals surface area contributed by atoms with Gasteiger partial charge >= 0.3 is 0 Å². The molecule has 1 heterocycles. The average molecular weight is 255 g/mol. The lowest BCUT2D eigenvalue weighted by atomic mass is 10.2. The molecule has 1 aromatic heterocycles. The van der Waals surface area contributed by atoms with Gasteiger partial charge in [0, 0.05) is 25.2 Å². The van der Waals surface area contributed by atoms with Crippen molar-refractivity contribution in [2.45, 2.75) is 20.0 Å². The van der Waals surface area contributed by atoms with Gasteiger partial charge in [-0.15, -0.1) is 0 Å². The van der Waals surface area contributed by atoms with Gasteiger partial charge in [-0.2, -0.15) is 0 Å². The first kappa shape index (κ1) is 14.9. The third-order valence-corrected chi connectivity index (χ3v) is 2.69. The van der Waals surface area contributed by atoms with Crippen molar-refractivity contribution in [1.82, 2.24) is 9.88 Å². The average Bonchev–Trinajstić information content (AvgIpc) is 2.34.